The summed E-state index contributed by atoms with van der Waals surface area (Å²) in [5.74, 6) is 0. The standard InChI is InChI=1S/C13H16BrNS/c1-2-5-10(14)8-9-13-15-11-6-3-4-7-12(11)16-13/h3-4,6-7,10H,2,5,8-9H2,1H3. The van der Waals surface area contributed by atoms with Crippen molar-refractivity contribution >= 4 is 37.5 Å². The van der Waals surface area contributed by atoms with Crippen LogP contribution in [0, 0.1) is 0 Å². The molecule has 0 aliphatic carbocycles. The van der Waals surface area contributed by atoms with Crippen molar-refractivity contribution in [3.8, 4) is 0 Å². The van der Waals surface area contributed by atoms with Gasteiger partial charge in [-0.2, -0.15) is 0 Å². The van der Waals surface area contributed by atoms with Crippen LogP contribution < -0.4 is 0 Å². The zero-order valence-electron chi connectivity index (χ0n) is 9.45. The summed E-state index contributed by atoms with van der Waals surface area (Å²) in [5.41, 5.74) is 1.14. The van der Waals surface area contributed by atoms with Crippen molar-refractivity contribution in [2.75, 3.05) is 0 Å². The van der Waals surface area contributed by atoms with E-state index in [1.165, 1.54) is 29.0 Å². The van der Waals surface area contributed by atoms with Crippen LogP contribution in [0.3, 0.4) is 0 Å². The smallest absolute Gasteiger partial charge is 0.0939 e. The van der Waals surface area contributed by atoms with Gasteiger partial charge < -0.3 is 0 Å². The molecule has 0 aliphatic rings. The fourth-order valence-electron chi connectivity index (χ4n) is 1.76. The summed E-state index contributed by atoms with van der Waals surface area (Å²) in [5, 5.41) is 1.27. The van der Waals surface area contributed by atoms with Gasteiger partial charge in [0.15, 0.2) is 0 Å². The van der Waals surface area contributed by atoms with E-state index in [1.54, 1.807) is 0 Å². The molecule has 0 aliphatic heterocycles. The van der Waals surface area contributed by atoms with Gasteiger partial charge in [-0.1, -0.05) is 41.4 Å². The molecule has 0 spiro atoms. The Hall–Kier alpha value is -0.410. The van der Waals surface area contributed by atoms with Gasteiger partial charge in [-0.25, -0.2) is 4.98 Å². The number of aromatic nitrogens is 1. The maximum atomic E-state index is 4.64. The van der Waals surface area contributed by atoms with E-state index in [2.05, 4.69) is 52.1 Å². The summed E-state index contributed by atoms with van der Waals surface area (Å²) in [4.78, 5) is 5.29. The highest BCUT2D eigenvalue weighted by Crippen LogP contribution is 2.24. The van der Waals surface area contributed by atoms with E-state index in [9.17, 15) is 0 Å². The number of para-hydroxylation sites is 1. The number of thiazole rings is 1. The first-order valence-corrected chi connectivity index (χ1v) is 7.51. The predicted octanol–water partition coefficient (Wildman–Crippen LogP) is 4.79. The molecule has 1 unspecified atom stereocenters. The number of halogens is 1. The van der Waals surface area contributed by atoms with Gasteiger partial charge in [0.1, 0.15) is 0 Å². The second-order valence-electron chi connectivity index (χ2n) is 4.00. The molecule has 1 aromatic heterocycles. The third-order valence-corrected chi connectivity index (χ3v) is 4.62. The Morgan fingerprint density at radius 3 is 2.88 bits per heavy atom. The molecule has 0 radical (unpaired) electrons. The van der Waals surface area contributed by atoms with E-state index in [4.69, 9.17) is 0 Å². The van der Waals surface area contributed by atoms with Crippen molar-refractivity contribution in [1.82, 2.24) is 4.98 Å². The van der Waals surface area contributed by atoms with Crippen LogP contribution in [0.2, 0.25) is 0 Å². The number of hydrogen-bond donors (Lipinski definition) is 0. The van der Waals surface area contributed by atoms with Crippen LogP contribution in [-0.4, -0.2) is 9.81 Å². The van der Waals surface area contributed by atoms with E-state index >= 15 is 0 Å². The minimum Gasteiger partial charge on any atom is -0.241 e. The third kappa shape index (κ3) is 3.05. The van der Waals surface area contributed by atoms with E-state index in [0.29, 0.717) is 4.83 Å². The van der Waals surface area contributed by atoms with Crippen LogP contribution in [0.1, 0.15) is 31.2 Å². The molecule has 3 heteroatoms. The van der Waals surface area contributed by atoms with Gasteiger partial charge in [0.25, 0.3) is 0 Å². The van der Waals surface area contributed by atoms with E-state index in [-0.39, 0.29) is 0 Å². The summed E-state index contributed by atoms with van der Waals surface area (Å²) in [7, 11) is 0. The average Bonchev–Trinajstić information content (AvgIpc) is 2.69. The molecule has 0 saturated heterocycles. The zero-order chi connectivity index (χ0) is 11.4. The van der Waals surface area contributed by atoms with Gasteiger partial charge in [0, 0.05) is 11.2 Å². The number of hydrogen-bond acceptors (Lipinski definition) is 2. The normalized spacial score (nSPS) is 13.1. The first-order valence-electron chi connectivity index (χ1n) is 5.78. The quantitative estimate of drug-likeness (QED) is 0.723. The van der Waals surface area contributed by atoms with Crippen molar-refractivity contribution in [2.24, 2.45) is 0 Å². The summed E-state index contributed by atoms with van der Waals surface area (Å²) in [6, 6.07) is 8.37. The molecule has 1 nitrogen and oxygen atoms in total. The number of nitrogens with zero attached hydrogens (tertiary/aromatic N) is 1. The van der Waals surface area contributed by atoms with Gasteiger partial charge in [0.05, 0.1) is 15.2 Å². The second kappa shape index (κ2) is 5.78. The molecule has 16 heavy (non-hydrogen) atoms. The molecule has 0 N–H and O–H groups in total. The van der Waals surface area contributed by atoms with Gasteiger partial charge in [0.2, 0.25) is 0 Å². The highest BCUT2D eigenvalue weighted by atomic mass is 79.9. The lowest BCUT2D eigenvalue weighted by Crippen LogP contribution is -1.98. The van der Waals surface area contributed by atoms with E-state index < -0.39 is 0 Å². The summed E-state index contributed by atoms with van der Waals surface area (Å²) < 4.78 is 1.30. The predicted molar refractivity (Wildman–Crippen MR) is 75.6 cm³/mol. The van der Waals surface area contributed by atoms with Crippen LogP contribution in [0.4, 0.5) is 0 Å². The van der Waals surface area contributed by atoms with Crippen molar-refractivity contribution in [1.29, 1.82) is 0 Å². The van der Waals surface area contributed by atoms with Crippen LogP contribution in [0.25, 0.3) is 10.2 Å². The minimum atomic E-state index is 0.643. The monoisotopic (exact) mass is 297 g/mol. The van der Waals surface area contributed by atoms with Crippen LogP contribution in [0.15, 0.2) is 24.3 Å². The average molecular weight is 298 g/mol. The molecule has 0 bridgehead atoms. The fraction of sp³-hybridized carbons (Fsp3) is 0.462. The van der Waals surface area contributed by atoms with E-state index in [1.807, 2.05) is 11.3 Å². The number of alkyl halides is 1. The molecule has 0 fully saturated rings. The molecule has 1 atom stereocenters. The largest absolute Gasteiger partial charge is 0.241 e. The van der Waals surface area contributed by atoms with Gasteiger partial charge >= 0.3 is 0 Å². The lowest BCUT2D eigenvalue weighted by Gasteiger charge is -2.05. The lowest BCUT2D eigenvalue weighted by atomic mass is 10.1. The number of aryl methyl sites for hydroxylation is 1. The first kappa shape index (κ1) is 12.1. The first-order chi connectivity index (χ1) is 7.79. The number of fused-ring (bicyclic) bond motifs is 1. The van der Waals surface area contributed by atoms with Gasteiger partial charge in [-0.3, -0.25) is 0 Å². The van der Waals surface area contributed by atoms with E-state index in [0.717, 1.165) is 11.9 Å². The summed E-state index contributed by atoms with van der Waals surface area (Å²) >= 11 is 5.54. The van der Waals surface area contributed by atoms with Gasteiger partial charge in [-0.15, -0.1) is 11.3 Å². The highest BCUT2D eigenvalue weighted by Gasteiger charge is 2.06. The molecular formula is C13H16BrNS. The third-order valence-electron chi connectivity index (χ3n) is 2.61. The lowest BCUT2D eigenvalue weighted by molar-refractivity contribution is 0.692. The topological polar surface area (TPSA) is 12.9 Å². The molecule has 2 aromatic rings. The van der Waals surface area contributed by atoms with Crippen molar-refractivity contribution < 1.29 is 0 Å². The molecule has 2 rings (SSSR count). The second-order valence-corrected chi connectivity index (χ2v) is 6.41. The van der Waals surface area contributed by atoms with Crippen LogP contribution >= 0.6 is 27.3 Å². The molecule has 1 aromatic carbocycles. The Balaban J connectivity index is 1.99. The Morgan fingerprint density at radius 2 is 2.12 bits per heavy atom. The van der Waals surface area contributed by atoms with Crippen molar-refractivity contribution in [3.05, 3.63) is 29.3 Å². The summed E-state index contributed by atoms with van der Waals surface area (Å²) in [6.07, 6.45) is 4.78. The van der Waals surface area contributed by atoms with Crippen molar-refractivity contribution in [2.45, 2.75) is 37.4 Å². The Labute approximate surface area is 109 Å². The number of rotatable bonds is 5. The highest BCUT2D eigenvalue weighted by molar-refractivity contribution is 9.09. The molecule has 0 amide bonds. The Kier molecular flexibility index (Phi) is 4.36. The minimum absolute atomic E-state index is 0.643. The molecule has 86 valence electrons. The maximum Gasteiger partial charge on any atom is 0.0939 e. The van der Waals surface area contributed by atoms with Gasteiger partial charge in [-0.05, 0) is 25.0 Å². The Morgan fingerprint density at radius 1 is 1.31 bits per heavy atom. The SMILES string of the molecule is CCCC(Br)CCc1nc2ccccc2s1. The molecule has 0 saturated carbocycles. The molecular weight excluding hydrogens is 282 g/mol. The zero-order valence-corrected chi connectivity index (χ0v) is 11.9. The summed E-state index contributed by atoms with van der Waals surface area (Å²) in [6.45, 7) is 2.23. The molecule has 1 heterocycles. The fourth-order valence-corrected chi connectivity index (χ4v) is 3.43. The van der Waals surface area contributed by atoms with Crippen LogP contribution in [-0.2, 0) is 6.42 Å². The Bertz CT molecular complexity index is 419. The van der Waals surface area contributed by atoms with Crippen molar-refractivity contribution in [3.63, 3.8) is 0 Å². The maximum absolute atomic E-state index is 4.64. The van der Waals surface area contributed by atoms with Crippen LogP contribution in [0.5, 0.6) is 0 Å². The number of benzene rings is 1.